The molecule has 0 fully saturated rings. The van der Waals surface area contributed by atoms with Gasteiger partial charge in [0.2, 0.25) is 0 Å². The number of hydrogen-bond acceptors (Lipinski definition) is 4. The first-order valence-electron chi connectivity index (χ1n) is 5.90. The number of hydrogen-bond donors (Lipinski definition) is 1. The first kappa shape index (κ1) is 11.9. The van der Waals surface area contributed by atoms with Crippen molar-refractivity contribution in [1.29, 1.82) is 0 Å². The Bertz CT molecular complexity index is 446. The van der Waals surface area contributed by atoms with Gasteiger partial charge in [0.25, 0.3) is 5.69 Å². The zero-order valence-corrected chi connectivity index (χ0v) is 9.98. The van der Waals surface area contributed by atoms with Crippen LogP contribution in [0.1, 0.15) is 18.1 Å². The van der Waals surface area contributed by atoms with Crippen LogP contribution in [0.3, 0.4) is 0 Å². The zero-order chi connectivity index (χ0) is 12.4. The summed E-state index contributed by atoms with van der Waals surface area (Å²) < 4.78 is 0. The molecule has 0 saturated carbocycles. The largest absolute Gasteiger partial charge is 0.393 e. The third-order valence-electron chi connectivity index (χ3n) is 3.39. The zero-order valence-electron chi connectivity index (χ0n) is 9.98. The van der Waals surface area contributed by atoms with E-state index >= 15 is 0 Å². The normalized spacial score (nSPS) is 16.3. The number of nitrogens with zero attached hydrogens (tertiary/aromatic N) is 2. The summed E-state index contributed by atoms with van der Waals surface area (Å²) in [4.78, 5) is 12.8. The van der Waals surface area contributed by atoms with Crippen LogP contribution < -0.4 is 5.73 Å². The minimum absolute atomic E-state index is 0.0358. The predicted molar refractivity (Wildman–Crippen MR) is 67.0 cm³/mol. The van der Waals surface area contributed by atoms with E-state index in [1.54, 1.807) is 12.1 Å². The van der Waals surface area contributed by atoms with Crippen LogP contribution in [0.2, 0.25) is 0 Å². The van der Waals surface area contributed by atoms with Crippen molar-refractivity contribution in [1.82, 2.24) is 4.90 Å². The van der Waals surface area contributed by atoms with Gasteiger partial charge in [-0.3, -0.25) is 10.1 Å². The minimum Gasteiger partial charge on any atom is -0.393 e. The van der Waals surface area contributed by atoms with Gasteiger partial charge in [-0.15, -0.1) is 0 Å². The Hall–Kier alpha value is -1.62. The Morgan fingerprint density at radius 1 is 1.35 bits per heavy atom. The van der Waals surface area contributed by atoms with E-state index in [0.29, 0.717) is 0 Å². The maximum atomic E-state index is 10.8. The van der Waals surface area contributed by atoms with Gasteiger partial charge in [0.05, 0.1) is 4.92 Å². The average Bonchev–Trinajstić information content (AvgIpc) is 2.49. The van der Waals surface area contributed by atoms with E-state index in [2.05, 4.69) is 11.8 Å². The fourth-order valence-electron chi connectivity index (χ4n) is 2.30. The lowest BCUT2D eigenvalue weighted by Gasteiger charge is -2.16. The van der Waals surface area contributed by atoms with Crippen LogP contribution in [0, 0.1) is 10.1 Å². The highest BCUT2D eigenvalue weighted by Gasteiger charge is 2.19. The van der Waals surface area contributed by atoms with Crippen molar-refractivity contribution in [2.45, 2.75) is 19.8 Å². The third-order valence-corrected chi connectivity index (χ3v) is 3.39. The van der Waals surface area contributed by atoms with Crippen LogP contribution in [0.25, 0.3) is 0 Å². The number of benzene rings is 1. The Balaban J connectivity index is 2.34. The molecule has 0 bridgehead atoms. The second-order valence-electron chi connectivity index (χ2n) is 4.37. The predicted octanol–water partition coefficient (Wildman–Crippen LogP) is 1.60. The molecule has 1 aliphatic rings. The molecule has 5 heteroatoms. The number of nitrogens with two attached hydrogens (primary N) is 1. The van der Waals surface area contributed by atoms with E-state index < -0.39 is 4.92 Å². The minimum atomic E-state index is -0.405. The number of fused-ring (bicyclic) bond motifs is 1. The van der Waals surface area contributed by atoms with Gasteiger partial charge in [0.1, 0.15) is 5.69 Å². The SMILES string of the molecule is CCN1CCc2cc(N)c([N+](=O)[O-])cc2CC1. The van der Waals surface area contributed by atoms with Gasteiger partial charge in [-0.1, -0.05) is 6.92 Å². The second-order valence-corrected chi connectivity index (χ2v) is 4.37. The van der Waals surface area contributed by atoms with Crippen molar-refractivity contribution in [2.24, 2.45) is 0 Å². The van der Waals surface area contributed by atoms with E-state index in [1.165, 1.54) is 0 Å². The van der Waals surface area contributed by atoms with Crippen molar-refractivity contribution < 1.29 is 4.92 Å². The van der Waals surface area contributed by atoms with Gasteiger partial charge in [0, 0.05) is 19.2 Å². The van der Waals surface area contributed by atoms with Crippen LogP contribution >= 0.6 is 0 Å². The summed E-state index contributed by atoms with van der Waals surface area (Å²) in [7, 11) is 0. The van der Waals surface area contributed by atoms with Crippen LogP contribution in [-0.2, 0) is 12.8 Å². The maximum absolute atomic E-state index is 10.8. The van der Waals surface area contributed by atoms with Gasteiger partial charge in [-0.05, 0) is 36.6 Å². The smallest absolute Gasteiger partial charge is 0.292 e. The van der Waals surface area contributed by atoms with E-state index in [1.807, 2.05) is 0 Å². The first-order valence-corrected chi connectivity index (χ1v) is 5.90. The summed E-state index contributed by atoms with van der Waals surface area (Å²) in [5.74, 6) is 0. The number of nitro benzene ring substituents is 1. The molecule has 0 radical (unpaired) electrons. The molecule has 1 aromatic rings. The van der Waals surface area contributed by atoms with Gasteiger partial charge in [-0.2, -0.15) is 0 Å². The molecule has 0 aliphatic carbocycles. The van der Waals surface area contributed by atoms with Gasteiger partial charge < -0.3 is 10.6 Å². The molecule has 92 valence electrons. The van der Waals surface area contributed by atoms with Crippen molar-refractivity contribution >= 4 is 11.4 Å². The molecule has 0 unspecified atom stereocenters. The Kier molecular flexibility index (Phi) is 3.28. The molecule has 1 aliphatic heterocycles. The van der Waals surface area contributed by atoms with Crippen molar-refractivity contribution in [3.63, 3.8) is 0 Å². The van der Waals surface area contributed by atoms with Crippen LogP contribution in [0.15, 0.2) is 12.1 Å². The van der Waals surface area contributed by atoms with Crippen molar-refractivity contribution in [3.05, 3.63) is 33.4 Å². The Morgan fingerprint density at radius 3 is 2.47 bits per heavy atom. The van der Waals surface area contributed by atoms with Crippen LogP contribution in [0.4, 0.5) is 11.4 Å². The molecular weight excluding hydrogens is 218 g/mol. The number of likely N-dealkylation sites (N-methyl/N-ethyl adjacent to an activating group) is 1. The second kappa shape index (κ2) is 4.71. The summed E-state index contributed by atoms with van der Waals surface area (Å²) >= 11 is 0. The number of anilines is 1. The first-order chi connectivity index (χ1) is 8.11. The van der Waals surface area contributed by atoms with Gasteiger partial charge in [0.15, 0.2) is 0 Å². The molecular formula is C12H17N3O2. The fourth-order valence-corrected chi connectivity index (χ4v) is 2.30. The summed E-state index contributed by atoms with van der Waals surface area (Å²) in [5, 5.41) is 10.8. The molecule has 1 aromatic carbocycles. The molecule has 0 atom stereocenters. The standard InChI is InChI=1S/C12H17N3O2/c1-2-14-5-3-9-7-11(13)12(15(16)17)8-10(9)4-6-14/h7-8H,2-6,13H2,1H3. The van der Waals surface area contributed by atoms with E-state index in [-0.39, 0.29) is 11.4 Å². The number of nitrogen functional groups attached to an aromatic ring is 1. The summed E-state index contributed by atoms with van der Waals surface area (Å²) in [6.07, 6.45) is 1.79. The molecule has 1 heterocycles. The highest BCUT2D eigenvalue weighted by molar-refractivity contribution is 5.62. The van der Waals surface area contributed by atoms with E-state index in [9.17, 15) is 10.1 Å². The molecule has 0 spiro atoms. The van der Waals surface area contributed by atoms with Crippen LogP contribution in [-0.4, -0.2) is 29.5 Å². The highest BCUT2D eigenvalue weighted by atomic mass is 16.6. The van der Waals surface area contributed by atoms with E-state index in [0.717, 1.165) is 43.6 Å². The molecule has 2 rings (SSSR count). The Morgan fingerprint density at radius 2 is 1.94 bits per heavy atom. The molecule has 0 saturated heterocycles. The van der Waals surface area contributed by atoms with Crippen molar-refractivity contribution in [2.75, 3.05) is 25.4 Å². The summed E-state index contributed by atoms with van der Waals surface area (Å²) in [6.45, 7) is 5.11. The van der Waals surface area contributed by atoms with E-state index in [4.69, 9.17) is 5.73 Å². The fraction of sp³-hybridized carbons (Fsp3) is 0.500. The number of rotatable bonds is 2. The quantitative estimate of drug-likeness (QED) is 0.480. The summed E-state index contributed by atoms with van der Waals surface area (Å²) in [6, 6.07) is 3.41. The molecule has 0 amide bonds. The van der Waals surface area contributed by atoms with Gasteiger partial charge in [-0.25, -0.2) is 0 Å². The molecule has 5 nitrogen and oxygen atoms in total. The number of nitro groups is 1. The topological polar surface area (TPSA) is 72.4 Å². The molecule has 2 N–H and O–H groups in total. The average molecular weight is 235 g/mol. The lowest BCUT2D eigenvalue weighted by Crippen LogP contribution is -2.25. The Labute approximate surface area is 100 Å². The summed E-state index contributed by atoms with van der Waals surface area (Å²) in [5.41, 5.74) is 8.25. The molecule has 0 aromatic heterocycles. The van der Waals surface area contributed by atoms with Gasteiger partial charge >= 0.3 is 0 Å². The highest BCUT2D eigenvalue weighted by Crippen LogP contribution is 2.28. The van der Waals surface area contributed by atoms with Crippen molar-refractivity contribution in [3.8, 4) is 0 Å². The monoisotopic (exact) mass is 235 g/mol. The lowest BCUT2D eigenvalue weighted by atomic mass is 10.0. The maximum Gasteiger partial charge on any atom is 0.292 e. The lowest BCUT2D eigenvalue weighted by molar-refractivity contribution is -0.384. The van der Waals surface area contributed by atoms with Crippen LogP contribution in [0.5, 0.6) is 0 Å². The third kappa shape index (κ3) is 2.39. The molecule has 17 heavy (non-hydrogen) atoms.